The number of benzene rings is 1. The molecule has 0 bridgehead atoms. The third kappa shape index (κ3) is 3.02. The lowest BCUT2D eigenvalue weighted by molar-refractivity contribution is -0.136. The van der Waals surface area contributed by atoms with Crippen molar-refractivity contribution in [2.24, 2.45) is 0 Å². The highest BCUT2D eigenvalue weighted by Gasteiger charge is 2.38. The molecule has 0 saturated carbocycles. The minimum Gasteiger partial charge on any atom is -0.370 e. The summed E-state index contributed by atoms with van der Waals surface area (Å²) in [5.41, 5.74) is -0.131. The van der Waals surface area contributed by atoms with Crippen molar-refractivity contribution in [2.45, 2.75) is 32.1 Å². The normalized spacial score (nSPS) is 19.2. The SMILES string of the molecule is CCC1=CN2C(=O)C(C(=O)Nc3cc4[nH]ccc4cc3C(F)(F)F)=CNC2C1. The van der Waals surface area contributed by atoms with E-state index in [2.05, 4.69) is 15.6 Å². The Labute approximate surface area is 158 Å². The van der Waals surface area contributed by atoms with E-state index in [-0.39, 0.29) is 11.7 Å². The molecular formula is C19H17F3N4O2. The quantitative estimate of drug-likeness (QED) is 0.703. The van der Waals surface area contributed by atoms with Crippen molar-refractivity contribution in [1.29, 1.82) is 0 Å². The summed E-state index contributed by atoms with van der Waals surface area (Å²) in [5.74, 6) is -1.44. The molecule has 28 heavy (non-hydrogen) atoms. The number of anilines is 1. The number of nitrogens with zero attached hydrogens (tertiary/aromatic N) is 1. The summed E-state index contributed by atoms with van der Waals surface area (Å²) in [6, 6.07) is 3.69. The number of rotatable bonds is 3. The lowest BCUT2D eigenvalue weighted by Gasteiger charge is -2.29. The van der Waals surface area contributed by atoms with Crippen molar-refractivity contribution in [3.63, 3.8) is 0 Å². The van der Waals surface area contributed by atoms with Gasteiger partial charge in [-0.2, -0.15) is 13.2 Å². The molecule has 4 rings (SSSR count). The van der Waals surface area contributed by atoms with Crippen molar-refractivity contribution in [2.75, 3.05) is 5.32 Å². The molecule has 0 aliphatic carbocycles. The van der Waals surface area contributed by atoms with E-state index in [0.717, 1.165) is 18.1 Å². The van der Waals surface area contributed by atoms with E-state index in [1.165, 1.54) is 29.4 Å². The highest BCUT2D eigenvalue weighted by Crippen LogP contribution is 2.37. The number of aromatic amines is 1. The topological polar surface area (TPSA) is 77.2 Å². The summed E-state index contributed by atoms with van der Waals surface area (Å²) < 4.78 is 40.3. The number of hydrogen-bond donors (Lipinski definition) is 3. The second kappa shape index (κ2) is 6.43. The van der Waals surface area contributed by atoms with Gasteiger partial charge in [-0.15, -0.1) is 0 Å². The highest BCUT2D eigenvalue weighted by molar-refractivity contribution is 6.23. The van der Waals surface area contributed by atoms with Crippen LogP contribution in [0.25, 0.3) is 10.9 Å². The third-order valence-corrected chi connectivity index (χ3v) is 4.94. The predicted octanol–water partition coefficient (Wildman–Crippen LogP) is 3.46. The average molecular weight is 390 g/mol. The van der Waals surface area contributed by atoms with Gasteiger partial charge in [0.15, 0.2) is 0 Å². The fourth-order valence-electron chi connectivity index (χ4n) is 3.43. The molecule has 2 aliphatic rings. The second-order valence-corrected chi connectivity index (χ2v) is 6.71. The molecule has 0 spiro atoms. The minimum absolute atomic E-state index is 0.246. The smallest absolute Gasteiger partial charge is 0.370 e. The standard InChI is InChI=1S/C19H17F3N4O2/c1-2-10-5-16-24-8-12(18(28)26(16)9-10)17(27)25-15-7-14-11(3-4-23-14)6-13(15)19(20,21)22/h3-4,6-9,16,23-24H,2,5H2,1H3,(H,25,27). The molecule has 146 valence electrons. The number of halogens is 3. The van der Waals surface area contributed by atoms with Gasteiger partial charge in [0.2, 0.25) is 0 Å². The van der Waals surface area contributed by atoms with Gasteiger partial charge in [-0.25, -0.2) is 0 Å². The molecule has 3 heterocycles. The number of carbonyl (C=O) groups is 2. The first-order chi connectivity index (χ1) is 13.3. The van der Waals surface area contributed by atoms with E-state index in [9.17, 15) is 22.8 Å². The van der Waals surface area contributed by atoms with E-state index in [1.807, 2.05) is 6.92 Å². The fourth-order valence-corrected chi connectivity index (χ4v) is 3.43. The molecular weight excluding hydrogens is 373 g/mol. The van der Waals surface area contributed by atoms with Crippen molar-refractivity contribution in [3.8, 4) is 0 Å². The number of aromatic nitrogens is 1. The highest BCUT2D eigenvalue weighted by atomic mass is 19.4. The zero-order valence-electron chi connectivity index (χ0n) is 14.9. The van der Waals surface area contributed by atoms with Crippen LogP contribution >= 0.6 is 0 Å². The van der Waals surface area contributed by atoms with Crippen LogP contribution < -0.4 is 10.6 Å². The summed E-state index contributed by atoms with van der Waals surface area (Å²) in [7, 11) is 0. The first kappa shape index (κ1) is 18.1. The fraction of sp³-hybridized carbons (Fsp3) is 0.263. The van der Waals surface area contributed by atoms with Gasteiger partial charge in [-0.3, -0.25) is 14.5 Å². The van der Waals surface area contributed by atoms with Crippen LogP contribution in [0.1, 0.15) is 25.3 Å². The number of fused-ring (bicyclic) bond motifs is 2. The summed E-state index contributed by atoms with van der Waals surface area (Å²) in [6.45, 7) is 1.96. The Balaban J connectivity index is 1.64. The first-order valence-corrected chi connectivity index (χ1v) is 8.76. The van der Waals surface area contributed by atoms with Gasteiger partial charge < -0.3 is 15.6 Å². The minimum atomic E-state index is -4.66. The molecule has 1 unspecified atom stereocenters. The van der Waals surface area contributed by atoms with Crippen LogP contribution in [0.4, 0.5) is 18.9 Å². The summed E-state index contributed by atoms with van der Waals surface area (Å²) in [4.78, 5) is 29.5. The van der Waals surface area contributed by atoms with Crippen LogP contribution in [0.3, 0.4) is 0 Å². The molecule has 9 heteroatoms. The van der Waals surface area contributed by atoms with Crippen LogP contribution in [-0.2, 0) is 15.8 Å². The second-order valence-electron chi connectivity index (χ2n) is 6.71. The monoisotopic (exact) mass is 390 g/mol. The van der Waals surface area contributed by atoms with Crippen molar-refractivity contribution in [1.82, 2.24) is 15.2 Å². The lowest BCUT2D eigenvalue weighted by atomic mass is 10.1. The van der Waals surface area contributed by atoms with E-state index < -0.39 is 29.2 Å². The predicted molar refractivity (Wildman–Crippen MR) is 96.8 cm³/mol. The van der Waals surface area contributed by atoms with Crippen LogP contribution in [0.2, 0.25) is 0 Å². The van der Waals surface area contributed by atoms with E-state index in [1.54, 1.807) is 6.20 Å². The van der Waals surface area contributed by atoms with Crippen molar-refractivity contribution >= 4 is 28.4 Å². The van der Waals surface area contributed by atoms with E-state index >= 15 is 0 Å². The molecule has 0 fully saturated rings. The van der Waals surface area contributed by atoms with Gasteiger partial charge in [0.25, 0.3) is 11.8 Å². The Kier molecular flexibility index (Phi) is 4.17. The third-order valence-electron chi connectivity index (χ3n) is 4.94. The Morgan fingerprint density at radius 1 is 1.36 bits per heavy atom. The van der Waals surface area contributed by atoms with Gasteiger partial charge in [0.05, 0.1) is 11.3 Å². The maximum absolute atomic E-state index is 13.4. The maximum atomic E-state index is 13.4. The van der Waals surface area contributed by atoms with Crippen LogP contribution in [0, 0.1) is 0 Å². The molecule has 1 atom stereocenters. The van der Waals surface area contributed by atoms with Gasteiger partial charge in [-0.1, -0.05) is 12.5 Å². The molecule has 2 aliphatic heterocycles. The number of alkyl halides is 3. The zero-order valence-corrected chi connectivity index (χ0v) is 14.9. The van der Waals surface area contributed by atoms with Crippen LogP contribution in [0.5, 0.6) is 0 Å². The molecule has 2 amide bonds. The Hall–Kier alpha value is -3.23. The summed E-state index contributed by atoms with van der Waals surface area (Å²) in [5, 5.41) is 5.59. The molecule has 1 aromatic heterocycles. The molecule has 0 saturated heterocycles. The van der Waals surface area contributed by atoms with Gasteiger partial charge in [0.1, 0.15) is 11.7 Å². The molecule has 0 radical (unpaired) electrons. The summed E-state index contributed by atoms with van der Waals surface area (Å²) in [6.07, 6.45) is 0.969. The van der Waals surface area contributed by atoms with Crippen molar-refractivity contribution < 1.29 is 22.8 Å². The van der Waals surface area contributed by atoms with Crippen LogP contribution in [-0.4, -0.2) is 27.9 Å². The zero-order chi connectivity index (χ0) is 20.1. The molecule has 1 aromatic carbocycles. The lowest BCUT2D eigenvalue weighted by Crippen LogP contribution is -2.47. The first-order valence-electron chi connectivity index (χ1n) is 8.76. The van der Waals surface area contributed by atoms with Gasteiger partial charge in [0, 0.05) is 35.9 Å². The van der Waals surface area contributed by atoms with Gasteiger partial charge in [-0.05, 0) is 24.6 Å². The number of carbonyl (C=O) groups excluding carboxylic acids is 2. The Morgan fingerprint density at radius 2 is 2.14 bits per heavy atom. The van der Waals surface area contributed by atoms with Crippen LogP contribution in [0.15, 0.2) is 47.9 Å². The molecule has 2 aromatic rings. The molecule has 3 N–H and O–H groups in total. The maximum Gasteiger partial charge on any atom is 0.418 e. The average Bonchev–Trinajstić information content (AvgIpc) is 3.26. The Morgan fingerprint density at radius 3 is 2.86 bits per heavy atom. The Bertz CT molecular complexity index is 1040. The van der Waals surface area contributed by atoms with Gasteiger partial charge >= 0.3 is 6.18 Å². The van der Waals surface area contributed by atoms with E-state index in [4.69, 9.17) is 0 Å². The van der Waals surface area contributed by atoms with E-state index in [0.29, 0.717) is 17.3 Å². The number of hydrogen-bond acceptors (Lipinski definition) is 3. The molecule has 6 nitrogen and oxygen atoms in total. The largest absolute Gasteiger partial charge is 0.418 e. The summed E-state index contributed by atoms with van der Waals surface area (Å²) >= 11 is 0. The van der Waals surface area contributed by atoms with Crippen molar-refractivity contribution in [3.05, 3.63) is 53.5 Å². The number of nitrogens with one attached hydrogen (secondary N) is 3. The number of amides is 2. The number of H-pyrrole nitrogens is 1.